The number of fused-ring (bicyclic) bond motifs is 1. The molecular formula is C27H24F6N4O2. The van der Waals surface area contributed by atoms with Crippen molar-refractivity contribution in [1.82, 2.24) is 14.7 Å². The molecule has 0 saturated heterocycles. The van der Waals surface area contributed by atoms with Crippen LogP contribution in [0.5, 0.6) is 0 Å². The Bertz CT molecular complexity index is 1480. The number of amides is 1. The third kappa shape index (κ3) is 5.56. The second kappa shape index (κ2) is 10.6. The molecule has 1 heterocycles. The molecule has 0 aliphatic rings. The molecule has 12 heteroatoms. The number of hydrogen-bond donors (Lipinski definition) is 2. The highest BCUT2D eigenvalue weighted by Crippen LogP contribution is 2.34. The summed E-state index contributed by atoms with van der Waals surface area (Å²) in [5.74, 6) is -4.23. The molecule has 6 nitrogen and oxygen atoms in total. The van der Waals surface area contributed by atoms with Crippen LogP contribution in [0.3, 0.4) is 0 Å². The minimum atomic E-state index is -5.22. The van der Waals surface area contributed by atoms with Crippen LogP contribution in [0.25, 0.3) is 16.6 Å². The number of halogens is 6. The van der Waals surface area contributed by atoms with Crippen molar-refractivity contribution in [3.63, 3.8) is 0 Å². The summed E-state index contributed by atoms with van der Waals surface area (Å²) in [5.41, 5.74) is -2.58. The third-order valence-corrected chi connectivity index (χ3v) is 6.30. The van der Waals surface area contributed by atoms with Gasteiger partial charge in [0.1, 0.15) is 23.0 Å². The van der Waals surface area contributed by atoms with E-state index >= 15 is 0 Å². The number of anilines is 1. The van der Waals surface area contributed by atoms with E-state index in [9.17, 15) is 36.2 Å². The molecule has 1 amide bonds. The van der Waals surface area contributed by atoms with E-state index in [1.807, 2.05) is 0 Å². The highest BCUT2D eigenvalue weighted by molar-refractivity contribution is 5.95. The molecule has 1 unspecified atom stereocenters. The Labute approximate surface area is 219 Å². The number of benzene rings is 3. The maximum atomic E-state index is 14.2. The Balaban J connectivity index is 1.64. The zero-order valence-electron chi connectivity index (χ0n) is 20.9. The number of nitrogens with one attached hydrogen (secondary N) is 1. The molecule has 0 aliphatic heterocycles. The molecule has 1 aromatic heterocycles. The van der Waals surface area contributed by atoms with E-state index in [4.69, 9.17) is 0 Å². The van der Waals surface area contributed by atoms with Gasteiger partial charge in [0.15, 0.2) is 5.60 Å². The second-order valence-electron chi connectivity index (χ2n) is 9.08. The lowest BCUT2D eigenvalue weighted by Gasteiger charge is -2.35. The summed E-state index contributed by atoms with van der Waals surface area (Å²) in [6.45, 7) is 0.318. The van der Waals surface area contributed by atoms with E-state index in [0.717, 1.165) is 18.2 Å². The molecule has 0 spiro atoms. The second-order valence-corrected chi connectivity index (χ2v) is 9.08. The number of nitrogens with zero attached hydrogens (tertiary/aromatic N) is 3. The van der Waals surface area contributed by atoms with Crippen LogP contribution in [0.15, 0.2) is 60.8 Å². The number of hydrogen-bond acceptors (Lipinski definition) is 4. The van der Waals surface area contributed by atoms with E-state index in [-0.39, 0.29) is 12.2 Å². The fourth-order valence-corrected chi connectivity index (χ4v) is 4.19. The summed E-state index contributed by atoms with van der Waals surface area (Å²) in [5, 5.41) is 18.1. The quantitative estimate of drug-likeness (QED) is 0.280. The Hall–Kier alpha value is -4.06. The maximum absolute atomic E-state index is 14.2. The number of aryl methyl sites for hydroxylation is 1. The van der Waals surface area contributed by atoms with Crippen LogP contribution in [0.2, 0.25) is 0 Å². The van der Waals surface area contributed by atoms with E-state index in [1.165, 1.54) is 42.1 Å². The van der Waals surface area contributed by atoms with E-state index in [2.05, 4.69) is 10.4 Å². The number of carbonyl (C=O) groups is 1. The van der Waals surface area contributed by atoms with Gasteiger partial charge in [-0.05, 0) is 67.9 Å². The molecule has 0 fully saturated rings. The van der Waals surface area contributed by atoms with Gasteiger partial charge < -0.3 is 15.3 Å². The van der Waals surface area contributed by atoms with Gasteiger partial charge in [-0.15, -0.1) is 0 Å². The number of carbonyl (C=O) groups excluding carboxylic acids is 1. The van der Waals surface area contributed by atoms with Crippen molar-refractivity contribution >= 4 is 22.5 Å². The number of aliphatic hydroxyl groups is 1. The van der Waals surface area contributed by atoms with E-state index in [0.29, 0.717) is 27.1 Å². The molecule has 0 saturated carbocycles. The summed E-state index contributed by atoms with van der Waals surface area (Å²) >= 11 is 0. The van der Waals surface area contributed by atoms with Gasteiger partial charge in [-0.25, -0.2) is 17.9 Å². The van der Waals surface area contributed by atoms with Crippen LogP contribution in [0.4, 0.5) is 32.0 Å². The summed E-state index contributed by atoms with van der Waals surface area (Å²) in [4.78, 5) is 13.3. The number of aromatic nitrogens is 2. The number of alkyl halides is 3. The molecule has 0 aliphatic carbocycles. The van der Waals surface area contributed by atoms with Crippen molar-refractivity contribution < 1.29 is 36.2 Å². The summed E-state index contributed by atoms with van der Waals surface area (Å²) in [6, 6.07) is 11.4. The smallest absolute Gasteiger partial charge is 0.381 e. The average molecular weight is 551 g/mol. The van der Waals surface area contributed by atoms with Crippen molar-refractivity contribution in [2.45, 2.75) is 25.6 Å². The molecule has 39 heavy (non-hydrogen) atoms. The molecule has 2 N–H and O–H groups in total. The predicted molar refractivity (Wildman–Crippen MR) is 133 cm³/mol. The molecule has 0 bridgehead atoms. The monoisotopic (exact) mass is 550 g/mol. The Morgan fingerprint density at radius 1 is 1.05 bits per heavy atom. The van der Waals surface area contributed by atoms with Crippen molar-refractivity contribution in [3.8, 4) is 5.69 Å². The van der Waals surface area contributed by atoms with Crippen LogP contribution in [0, 0.1) is 24.4 Å². The minimum Gasteiger partial charge on any atom is -0.381 e. The molecule has 4 aromatic rings. The zero-order valence-corrected chi connectivity index (χ0v) is 20.9. The van der Waals surface area contributed by atoms with Crippen molar-refractivity contribution in [2.75, 3.05) is 25.0 Å². The predicted octanol–water partition coefficient (Wildman–Crippen LogP) is 5.62. The molecule has 1 atom stereocenters. The summed E-state index contributed by atoms with van der Waals surface area (Å²) < 4.78 is 85.6. The highest BCUT2D eigenvalue weighted by Gasteiger charge is 2.55. The van der Waals surface area contributed by atoms with Gasteiger partial charge in [-0.2, -0.15) is 18.3 Å². The lowest BCUT2D eigenvalue weighted by molar-refractivity contribution is -0.257. The zero-order chi connectivity index (χ0) is 28.5. The van der Waals surface area contributed by atoms with Gasteiger partial charge in [0, 0.05) is 17.6 Å². The van der Waals surface area contributed by atoms with E-state index in [1.54, 1.807) is 19.1 Å². The summed E-state index contributed by atoms with van der Waals surface area (Å²) in [7, 11) is 0. The Kier molecular flexibility index (Phi) is 7.60. The lowest BCUT2D eigenvalue weighted by atomic mass is 10.0. The van der Waals surface area contributed by atoms with Gasteiger partial charge in [-0.1, -0.05) is 6.07 Å². The molecule has 3 aromatic carbocycles. The van der Waals surface area contributed by atoms with Crippen LogP contribution in [-0.4, -0.2) is 57.1 Å². The van der Waals surface area contributed by atoms with Gasteiger partial charge in [0.2, 0.25) is 0 Å². The van der Waals surface area contributed by atoms with Crippen LogP contribution in [0.1, 0.15) is 22.8 Å². The molecular weight excluding hydrogens is 526 g/mol. The van der Waals surface area contributed by atoms with Gasteiger partial charge in [0.05, 0.1) is 30.5 Å². The number of rotatable bonds is 8. The largest absolute Gasteiger partial charge is 0.420 e. The van der Waals surface area contributed by atoms with Gasteiger partial charge in [-0.3, -0.25) is 4.79 Å². The first-order valence-corrected chi connectivity index (χ1v) is 11.8. The summed E-state index contributed by atoms with van der Waals surface area (Å²) in [6.07, 6.45) is -3.81. The van der Waals surface area contributed by atoms with Crippen LogP contribution in [-0.2, 0) is 0 Å². The maximum Gasteiger partial charge on any atom is 0.420 e. The standard InChI is InChI=1S/C27H24F6N4O2/c1-3-36(25(38)24-20(29)5-4-6-21(24)30)15-26(39,27(31,32)33)14-34-22-11-16(2)12-23-19(22)13-35-37(23)18-9-7-17(28)8-10-18/h4-13,34,39H,3,14-15H2,1-2H3. The first-order valence-electron chi connectivity index (χ1n) is 11.8. The topological polar surface area (TPSA) is 70.4 Å². The first kappa shape index (κ1) is 28.0. The fraction of sp³-hybridized carbons (Fsp3) is 0.259. The van der Waals surface area contributed by atoms with Crippen molar-refractivity contribution in [1.29, 1.82) is 0 Å². The highest BCUT2D eigenvalue weighted by atomic mass is 19.4. The van der Waals surface area contributed by atoms with Crippen molar-refractivity contribution in [3.05, 3.63) is 89.4 Å². The van der Waals surface area contributed by atoms with Crippen molar-refractivity contribution in [2.24, 2.45) is 0 Å². The molecule has 0 radical (unpaired) electrons. The van der Waals surface area contributed by atoms with Crippen LogP contribution < -0.4 is 5.32 Å². The molecule has 206 valence electrons. The van der Waals surface area contributed by atoms with Gasteiger partial charge in [0.25, 0.3) is 5.91 Å². The SMILES string of the molecule is CCN(CC(O)(CNc1cc(C)cc2c1cnn2-c1ccc(F)cc1)C(F)(F)F)C(=O)c1c(F)cccc1F. The lowest BCUT2D eigenvalue weighted by Crippen LogP contribution is -2.58. The Morgan fingerprint density at radius 2 is 1.69 bits per heavy atom. The van der Waals surface area contributed by atoms with Gasteiger partial charge >= 0.3 is 6.18 Å². The van der Waals surface area contributed by atoms with E-state index < -0.39 is 53.8 Å². The normalized spacial score (nSPS) is 13.4. The average Bonchev–Trinajstić information content (AvgIpc) is 3.29. The minimum absolute atomic E-state index is 0.218. The third-order valence-electron chi connectivity index (χ3n) is 6.30. The molecule has 4 rings (SSSR count). The fourth-order valence-electron chi connectivity index (χ4n) is 4.19. The Morgan fingerprint density at radius 3 is 2.28 bits per heavy atom. The first-order chi connectivity index (χ1) is 18.3. The number of likely N-dealkylation sites (N-methyl/N-ethyl adjacent to an activating group) is 1. The van der Waals surface area contributed by atoms with Crippen LogP contribution >= 0.6 is 0 Å².